The Balaban J connectivity index is 2.29. The predicted octanol–water partition coefficient (Wildman–Crippen LogP) is 4.63. The maximum Gasteiger partial charge on any atom is 0.128 e. The third-order valence-electron chi connectivity index (χ3n) is 3.18. The first kappa shape index (κ1) is 14.1. The molecule has 0 aliphatic rings. The van der Waals surface area contributed by atoms with E-state index in [9.17, 15) is 0 Å². The number of rotatable bonds is 3. The van der Waals surface area contributed by atoms with Crippen LogP contribution in [-0.4, -0.2) is 0 Å². The number of ether oxygens (including phenoxy) is 1. The summed E-state index contributed by atoms with van der Waals surface area (Å²) in [5.41, 5.74) is 10.3. The molecule has 2 aromatic rings. The van der Waals surface area contributed by atoms with Gasteiger partial charge in [0.25, 0.3) is 0 Å². The summed E-state index contributed by atoms with van der Waals surface area (Å²) in [5, 5.41) is 0. The fraction of sp³-hybridized carbons (Fsp3) is 0.250. The molecule has 0 fully saturated rings. The van der Waals surface area contributed by atoms with E-state index in [4.69, 9.17) is 10.5 Å². The van der Waals surface area contributed by atoms with Gasteiger partial charge in [-0.25, -0.2) is 0 Å². The molecular formula is C16H18BrNO. The Morgan fingerprint density at radius 2 is 1.53 bits per heavy atom. The Morgan fingerprint density at radius 1 is 0.947 bits per heavy atom. The highest BCUT2D eigenvalue weighted by Gasteiger charge is 2.05. The molecule has 0 saturated carbocycles. The minimum Gasteiger partial charge on any atom is -0.457 e. The third kappa shape index (κ3) is 3.17. The first-order valence-corrected chi connectivity index (χ1v) is 7.04. The van der Waals surface area contributed by atoms with Crippen LogP contribution in [0.2, 0.25) is 0 Å². The maximum atomic E-state index is 5.91. The SMILES string of the molecule is Cc1cc(Oc2cc(C)c(Br)c(C)c2)ccc1CN. The van der Waals surface area contributed by atoms with Crippen molar-refractivity contribution in [3.63, 3.8) is 0 Å². The molecule has 0 spiro atoms. The normalized spacial score (nSPS) is 10.6. The van der Waals surface area contributed by atoms with E-state index in [1.165, 1.54) is 11.1 Å². The smallest absolute Gasteiger partial charge is 0.128 e. The molecule has 2 rings (SSSR count). The minimum absolute atomic E-state index is 0.558. The predicted molar refractivity (Wildman–Crippen MR) is 82.8 cm³/mol. The Morgan fingerprint density at radius 3 is 2.05 bits per heavy atom. The summed E-state index contributed by atoms with van der Waals surface area (Å²) in [6.45, 7) is 6.73. The second-order valence-electron chi connectivity index (χ2n) is 4.77. The molecule has 0 heterocycles. The highest BCUT2D eigenvalue weighted by atomic mass is 79.9. The van der Waals surface area contributed by atoms with Crippen LogP contribution >= 0.6 is 15.9 Å². The second kappa shape index (κ2) is 5.76. The van der Waals surface area contributed by atoms with E-state index in [1.807, 2.05) is 37.3 Å². The lowest BCUT2D eigenvalue weighted by Gasteiger charge is -2.11. The van der Waals surface area contributed by atoms with E-state index < -0.39 is 0 Å². The first-order chi connectivity index (χ1) is 9.01. The van der Waals surface area contributed by atoms with Crippen molar-refractivity contribution in [2.45, 2.75) is 27.3 Å². The fourth-order valence-corrected chi connectivity index (χ4v) is 2.29. The van der Waals surface area contributed by atoms with Crippen LogP contribution in [0.3, 0.4) is 0 Å². The lowest BCUT2D eigenvalue weighted by atomic mass is 10.1. The van der Waals surface area contributed by atoms with Gasteiger partial charge in [0.1, 0.15) is 11.5 Å². The molecule has 0 bridgehead atoms. The number of hydrogen-bond donors (Lipinski definition) is 1. The Hall–Kier alpha value is -1.32. The molecule has 0 unspecified atom stereocenters. The van der Waals surface area contributed by atoms with Crippen molar-refractivity contribution in [3.8, 4) is 11.5 Å². The van der Waals surface area contributed by atoms with Gasteiger partial charge < -0.3 is 10.5 Å². The van der Waals surface area contributed by atoms with Crippen molar-refractivity contribution >= 4 is 15.9 Å². The van der Waals surface area contributed by atoms with Crippen molar-refractivity contribution in [3.05, 3.63) is 57.1 Å². The molecule has 19 heavy (non-hydrogen) atoms. The summed E-state index contributed by atoms with van der Waals surface area (Å²) in [4.78, 5) is 0. The average Bonchev–Trinajstić information content (AvgIpc) is 2.36. The molecule has 0 radical (unpaired) electrons. The van der Waals surface area contributed by atoms with Gasteiger partial charge in [-0.15, -0.1) is 0 Å². The highest BCUT2D eigenvalue weighted by molar-refractivity contribution is 9.10. The molecule has 0 amide bonds. The van der Waals surface area contributed by atoms with Gasteiger partial charge in [-0.3, -0.25) is 0 Å². The van der Waals surface area contributed by atoms with Gasteiger partial charge in [0, 0.05) is 11.0 Å². The van der Waals surface area contributed by atoms with E-state index in [0.29, 0.717) is 6.54 Å². The van der Waals surface area contributed by atoms with Gasteiger partial charge in [0.15, 0.2) is 0 Å². The number of halogens is 1. The average molecular weight is 320 g/mol. The number of benzene rings is 2. The number of aryl methyl sites for hydroxylation is 3. The molecule has 0 aliphatic carbocycles. The molecule has 0 saturated heterocycles. The van der Waals surface area contributed by atoms with Crippen LogP contribution in [0.4, 0.5) is 0 Å². The standard InChI is InChI=1S/C16H18BrNO/c1-10-6-14(5-4-13(10)9-18)19-15-7-11(2)16(17)12(3)8-15/h4-8H,9,18H2,1-3H3. The summed E-state index contributed by atoms with van der Waals surface area (Å²) in [6, 6.07) is 10.1. The zero-order valence-electron chi connectivity index (χ0n) is 11.5. The lowest BCUT2D eigenvalue weighted by Crippen LogP contribution is -1.99. The molecule has 2 N–H and O–H groups in total. The number of nitrogens with two attached hydrogens (primary N) is 1. The van der Waals surface area contributed by atoms with Gasteiger partial charge in [-0.2, -0.15) is 0 Å². The monoisotopic (exact) mass is 319 g/mol. The zero-order chi connectivity index (χ0) is 14.0. The summed E-state index contributed by atoms with van der Waals surface area (Å²) < 4.78 is 7.05. The van der Waals surface area contributed by atoms with Crippen LogP contribution in [0.15, 0.2) is 34.8 Å². The van der Waals surface area contributed by atoms with Gasteiger partial charge >= 0.3 is 0 Å². The van der Waals surface area contributed by atoms with Crippen LogP contribution in [-0.2, 0) is 6.54 Å². The van der Waals surface area contributed by atoms with Crippen LogP contribution in [0, 0.1) is 20.8 Å². The highest BCUT2D eigenvalue weighted by Crippen LogP contribution is 2.30. The van der Waals surface area contributed by atoms with Gasteiger partial charge in [0.2, 0.25) is 0 Å². The van der Waals surface area contributed by atoms with E-state index in [-0.39, 0.29) is 0 Å². The molecule has 0 aliphatic heterocycles. The Kier molecular flexibility index (Phi) is 4.27. The van der Waals surface area contributed by atoms with Crippen LogP contribution in [0.5, 0.6) is 11.5 Å². The van der Waals surface area contributed by atoms with E-state index >= 15 is 0 Å². The van der Waals surface area contributed by atoms with Crippen molar-refractivity contribution in [2.24, 2.45) is 5.73 Å². The quantitative estimate of drug-likeness (QED) is 0.895. The van der Waals surface area contributed by atoms with Crippen LogP contribution < -0.4 is 10.5 Å². The van der Waals surface area contributed by atoms with Gasteiger partial charge in [-0.05, 0) is 67.3 Å². The van der Waals surface area contributed by atoms with E-state index in [1.54, 1.807) is 0 Å². The molecular weight excluding hydrogens is 302 g/mol. The van der Waals surface area contributed by atoms with Crippen molar-refractivity contribution < 1.29 is 4.74 Å². The van der Waals surface area contributed by atoms with Crippen molar-refractivity contribution in [1.29, 1.82) is 0 Å². The summed E-state index contributed by atoms with van der Waals surface area (Å²) in [5.74, 6) is 1.70. The van der Waals surface area contributed by atoms with E-state index in [2.05, 4.69) is 29.8 Å². The largest absolute Gasteiger partial charge is 0.457 e. The maximum absolute atomic E-state index is 5.91. The molecule has 3 heteroatoms. The van der Waals surface area contributed by atoms with Crippen LogP contribution in [0.1, 0.15) is 22.3 Å². The Bertz CT molecular complexity index is 585. The third-order valence-corrected chi connectivity index (χ3v) is 4.43. The molecule has 100 valence electrons. The topological polar surface area (TPSA) is 35.2 Å². The second-order valence-corrected chi connectivity index (χ2v) is 5.56. The zero-order valence-corrected chi connectivity index (χ0v) is 13.0. The van der Waals surface area contributed by atoms with Crippen molar-refractivity contribution in [1.82, 2.24) is 0 Å². The summed E-state index contributed by atoms with van der Waals surface area (Å²) in [7, 11) is 0. The summed E-state index contributed by atoms with van der Waals surface area (Å²) >= 11 is 3.56. The first-order valence-electron chi connectivity index (χ1n) is 6.25. The molecule has 0 atom stereocenters. The van der Waals surface area contributed by atoms with Crippen molar-refractivity contribution in [2.75, 3.05) is 0 Å². The lowest BCUT2D eigenvalue weighted by molar-refractivity contribution is 0.481. The Labute approximate surface area is 122 Å². The van der Waals surface area contributed by atoms with Gasteiger partial charge in [-0.1, -0.05) is 22.0 Å². The minimum atomic E-state index is 0.558. The number of hydrogen-bond acceptors (Lipinski definition) is 2. The van der Waals surface area contributed by atoms with E-state index in [0.717, 1.165) is 27.1 Å². The van der Waals surface area contributed by atoms with Gasteiger partial charge in [0.05, 0.1) is 0 Å². The van der Waals surface area contributed by atoms with Crippen LogP contribution in [0.25, 0.3) is 0 Å². The molecule has 2 aromatic carbocycles. The fourth-order valence-electron chi connectivity index (χ4n) is 2.06. The molecule has 2 nitrogen and oxygen atoms in total. The summed E-state index contributed by atoms with van der Waals surface area (Å²) in [6.07, 6.45) is 0. The molecule has 0 aromatic heterocycles.